The summed E-state index contributed by atoms with van der Waals surface area (Å²) in [7, 11) is 0. The topological polar surface area (TPSA) is 9.23 Å². The molecule has 0 spiro atoms. The average molecular weight is 419 g/mol. The fourth-order valence-corrected chi connectivity index (χ4v) is 1.48. The maximum atomic E-state index is 5.63. The molecule has 0 aromatic carbocycles. The molecule has 0 aromatic heterocycles. The summed E-state index contributed by atoms with van der Waals surface area (Å²) in [5, 5.41) is 0. The molecule has 0 heterocycles. The summed E-state index contributed by atoms with van der Waals surface area (Å²) in [5.74, 6) is 0. The Kier molecular flexibility index (Phi) is 11.5. The van der Waals surface area contributed by atoms with Gasteiger partial charge < -0.3 is 0 Å². The van der Waals surface area contributed by atoms with Gasteiger partial charge in [0, 0.05) is 25.8 Å². The molecule has 0 aliphatic rings. The van der Waals surface area contributed by atoms with Crippen LogP contribution in [0.25, 0.3) is 0 Å². The van der Waals surface area contributed by atoms with Crippen LogP contribution in [0, 0.1) is 0 Å². The molecule has 0 aliphatic carbocycles. The van der Waals surface area contributed by atoms with E-state index < -0.39 is 5.60 Å². The van der Waals surface area contributed by atoms with Crippen LogP contribution < -0.4 is 0 Å². The predicted molar refractivity (Wildman–Crippen MR) is 72.5 cm³/mol. The minimum absolute atomic E-state index is 0. The third-order valence-electron chi connectivity index (χ3n) is 2.74. The second kappa shape index (κ2) is 10.0. The number of rotatable bonds is 5. The largest absolute Gasteiger partial charge is 0.264 e. The third kappa shape index (κ3) is 5.98. The molecule has 17 heavy (non-hydrogen) atoms. The van der Waals surface area contributed by atoms with Crippen molar-refractivity contribution < 1.29 is 30.1 Å². The molecule has 0 atom stereocenters. The number of hydrogen-bond donors (Lipinski definition) is 0. The first-order valence-corrected chi connectivity index (χ1v) is 5.73. The van der Waals surface area contributed by atoms with Crippen LogP contribution in [0.3, 0.4) is 0 Å². The van der Waals surface area contributed by atoms with E-state index in [0.717, 1.165) is 11.1 Å². The van der Waals surface area contributed by atoms with Gasteiger partial charge in [-0.25, -0.2) is 0 Å². The number of allylic oxidation sites excluding steroid dienone is 6. The Labute approximate surface area is 129 Å². The van der Waals surface area contributed by atoms with Crippen molar-refractivity contribution in [3.05, 3.63) is 47.6 Å². The van der Waals surface area contributed by atoms with Crippen LogP contribution in [0.1, 0.15) is 34.6 Å². The maximum Gasteiger partial charge on any atom is 0.129 e. The van der Waals surface area contributed by atoms with E-state index in [4.69, 9.17) is 16.2 Å². The van der Waals surface area contributed by atoms with E-state index in [1.54, 1.807) is 0 Å². The van der Waals surface area contributed by atoms with Gasteiger partial charge in [0.15, 0.2) is 0 Å². The van der Waals surface area contributed by atoms with Crippen molar-refractivity contribution in [1.29, 1.82) is 0 Å². The van der Waals surface area contributed by atoms with Crippen LogP contribution in [0.4, 0.5) is 0 Å². The summed E-state index contributed by atoms with van der Waals surface area (Å²) in [6.07, 6.45) is 11.9. The van der Waals surface area contributed by atoms with Gasteiger partial charge >= 0.3 is 0 Å². The maximum absolute atomic E-state index is 5.63. The Morgan fingerprint density at radius 1 is 1.00 bits per heavy atom. The Morgan fingerprint density at radius 3 is 1.59 bits per heavy atom. The van der Waals surface area contributed by atoms with Crippen LogP contribution in [0.5, 0.6) is 0 Å². The molecule has 0 fully saturated rings. The van der Waals surface area contributed by atoms with Gasteiger partial charge in [-0.1, -0.05) is 36.5 Å². The fourth-order valence-electron chi connectivity index (χ4n) is 1.23. The van der Waals surface area contributed by atoms with Crippen molar-refractivity contribution in [2.75, 3.05) is 0 Å². The molecule has 0 N–H and O–H groups in total. The van der Waals surface area contributed by atoms with Crippen molar-refractivity contribution in [1.82, 2.24) is 0 Å². The molecule has 0 aromatic rings. The fraction of sp³-hybridized carbons (Fsp3) is 0.429. The van der Waals surface area contributed by atoms with E-state index in [1.165, 1.54) is 0 Å². The summed E-state index contributed by atoms with van der Waals surface area (Å²) >= 11 is 5.63. The molecular weight excluding hydrogens is 398 g/mol. The summed E-state index contributed by atoms with van der Waals surface area (Å²) in [6, 6.07) is 0. The van der Waals surface area contributed by atoms with E-state index >= 15 is 0 Å². The molecule has 1 nitrogen and oxygen atoms in total. The van der Waals surface area contributed by atoms with Crippen LogP contribution in [-0.2, 0) is 30.1 Å². The summed E-state index contributed by atoms with van der Waals surface area (Å²) in [5.41, 5.74) is 1.58. The Bertz CT molecular complexity index is 299. The minimum Gasteiger partial charge on any atom is -0.264 e. The van der Waals surface area contributed by atoms with Gasteiger partial charge in [0.05, 0.1) is 11.9 Å². The molecule has 0 radical (unpaired) electrons. The first kappa shape index (κ1) is 19.4. The van der Waals surface area contributed by atoms with Gasteiger partial charge in [0.1, 0.15) is 5.60 Å². The van der Waals surface area contributed by atoms with E-state index in [9.17, 15) is 0 Å². The second-order valence-electron chi connectivity index (χ2n) is 3.86. The standard InChI is InChI=1S/C14H21ClO.Hf/c1-6-8-10-12(3)14(5,16-15)13(4)11-9-7-2;/h6-11H,1-5H3;/b8-6+,9-7+,12-10+,13-11+;. The van der Waals surface area contributed by atoms with Gasteiger partial charge in [-0.15, -0.1) is 0 Å². The van der Waals surface area contributed by atoms with E-state index in [0.29, 0.717) is 0 Å². The third-order valence-corrected chi connectivity index (χ3v) is 3.05. The van der Waals surface area contributed by atoms with Gasteiger partial charge in [-0.3, -0.25) is 4.29 Å². The summed E-state index contributed by atoms with van der Waals surface area (Å²) in [6.45, 7) is 9.94. The smallest absolute Gasteiger partial charge is 0.129 e. The van der Waals surface area contributed by atoms with Crippen molar-refractivity contribution in [2.24, 2.45) is 0 Å². The number of halogens is 1. The van der Waals surface area contributed by atoms with Gasteiger partial charge in [-0.2, -0.15) is 0 Å². The van der Waals surface area contributed by atoms with E-state index in [2.05, 4.69) is 0 Å². The van der Waals surface area contributed by atoms with Crippen LogP contribution in [0.15, 0.2) is 47.6 Å². The first-order chi connectivity index (χ1) is 7.52. The quantitative estimate of drug-likeness (QED) is 0.452. The van der Waals surface area contributed by atoms with Crippen LogP contribution in [0.2, 0.25) is 0 Å². The molecule has 0 aliphatic heterocycles. The van der Waals surface area contributed by atoms with Crippen LogP contribution >= 0.6 is 11.9 Å². The second-order valence-corrected chi connectivity index (χ2v) is 4.02. The Balaban J connectivity index is 0. The Morgan fingerprint density at radius 2 is 1.35 bits per heavy atom. The van der Waals surface area contributed by atoms with Crippen molar-refractivity contribution in [2.45, 2.75) is 40.2 Å². The zero-order valence-electron chi connectivity index (χ0n) is 11.3. The zero-order chi connectivity index (χ0) is 12.6. The van der Waals surface area contributed by atoms with Crippen molar-refractivity contribution >= 4 is 11.9 Å². The minimum atomic E-state index is -0.555. The molecule has 0 amide bonds. The SMILES string of the molecule is C/C=C/C=C(\C)C(C)(OCl)/C(C)=C/C=C/C.[Hf]. The predicted octanol–water partition coefficient (Wildman–Crippen LogP) is 4.96. The van der Waals surface area contributed by atoms with Crippen molar-refractivity contribution in [3.63, 3.8) is 0 Å². The zero-order valence-corrected chi connectivity index (χ0v) is 15.6. The van der Waals surface area contributed by atoms with Crippen molar-refractivity contribution in [3.8, 4) is 0 Å². The molecular formula is C14H21ClHfO. The molecule has 3 heteroatoms. The molecule has 0 bridgehead atoms. The van der Waals surface area contributed by atoms with E-state index in [1.807, 2.05) is 71.1 Å². The number of hydrogen-bond acceptors (Lipinski definition) is 1. The van der Waals surface area contributed by atoms with Gasteiger partial charge in [-0.05, 0) is 45.8 Å². The first-order valence-electron chi connectivity index (χ1n) is 5.42. The monoisotopic (exact) mass is 420 g/mol. The van der Waals surface area contributed by atoms with Gasteiger partial charge in [0.25, 0.3) is 0 Å². The van der Waals surface area contributed by atoms with Gasteiger partial charge in [0.2, 0.25) is 0 Å². The molecule has 0 saturated heterocycles. The summed E-state index contributed by atoms with van der Waals surface area (Å²) < 4.78 is 5.12. The molecule has 0 unspecified atom stereocenters. The normalized spacial score (nSPS) is 17.3. The Hall–Kier alpha value is 0.0801. The molecule has 94 valence electrons. The van der Waals surface area contributed by atoms with Crippen LogP contribution in [-0.4, -0.2) is 5.60 Å². The molecule has 0 rings (SSSR count). The average Bonchev–Trinajstić information content (AvgIpc) is 2.31. The van der Waals surface area contributed by atoms with E-state index in [-0.39, 0.29) is 25.8 Å². The summed E-state index contributed by atoms with van der Waals surface area (Å²) in [4.78, 5) is 0. The molecule has 0 saturated carbocycles.